The third-order valence-electron chi connectivity index (χ3n) is 2.91. The van der Waals surface area contributed by atoms with E-state index in [1.807, 2.05) is 13.8 Å². The standard InChI is InChI=1S/C14H16N2O/c1-8-5-6-12(9(2)7-8)13-10(3)15-14(17)16-11(13)4/h5-7H,1-4H3,(H,15,16,17). The summed E-state index contributed by atoms with van der Waals surface area (Å²) < 4.78 is 0. The van der Waals surface area contributed by atoms with Crippen molar-refractivity contribution in [1.29, 1.82) is 0 Å². The highest BCUT2D eigenvalue weighted by Gasteiger charge is 2.12. The second-order valence-electron chi connectivity index (χ2n) is 4.39. The Morgan fingerprint density at radius 2 is 1.53 bits per heavy atom. The van der Waals surface area contributed by atoms with E-state index in [0.29, 0.717) is 0 Å². The van der Waals surface area contributed by atoms with Crippen LogP contribution >= 0.6 is 0 Å². The molecule has 0 fully saturated rings. The van der Waals surface area contributed by atoms with Crippen molar-refractivity contribution in [1.82, 2.24) is 9.97 Å². The predicted molar refractivity (Wildman–Crippen MR) is 68.1 cm³/mol. The van der Waals surface area contributed by atoms with E-state index in [-0.39, 0.29) is 6.01 Å². The van der Waals surface area contributed by atoms with Crippen LogP contribution in [0.2, 0.25) is 0 Å². The first-order chi connectivity index (χ1) is 7.99. The van der Waals surface area contributed by atoms with Crippen molar-refractivity contribution in [3.05, 3.63) is 40.7 Å². The van der Waals surface area contributed by atoms with Crippen LogP contribution in [0.3, 0.4) is 0 Å². The van der Waals surface area contributed by atoms with E-state index in [1.54, 1.807) is 0 Å². The average molecular weight is 228 g/mol. The van der Waals surface area contributed by atoms with Crippen LogP contribution in [-0.4, -0.2) is 15.1 Å². The Morgan fingerprint density at radius 1 is 0.941 bits per heavy atom. The SMILES string of the molecule is Cc1ccc(-c2c(C)nc(O)nc2C)c(C)c1. The molecule has 2 aromatic rings. The highest BCUT2D eigenvalue weighted by atomic mass is 16.3. The van der Waals surface area contributed by atoms with E-state index in [4.69, 9.17) is 0 Å². The lowest BCUT2D eigenvalue weighted by molar-refractivity contribution is 0.427. The zero-order chi connectivity index (χ0) is 12.6. The summed E-state index contributed by atoms with van der Waals surface area (Å²) in [7, 11) is 0. The highest BCUT2D eigenvalue weighted by molar-refractivity contribution is 5.71. The van der Waals surface area contributed by atoms with Gasteiger partial charge in [0.05, 0.1) is 11.4 Å². The highest BCUT2D eigenvalue weighted by Crippen LogP contribution is 2.29. The van der Waals surface area contributed by atoms with Crippen molar-refractivity contribution in [2.24, 2.45) is 0 Å². The summed E-state index contributed by atoms with van der Waals surface area (Å²) in [6.45, 7) is 7.93. The fourth-order valence-electron chi connectivity index (χ4n) is 2.18. The Kier molecular flexibility index (Phi) is 2.84. The maximum atomic E-state index is 9.36. The summed E-state index contributed by atoms with van der Waals surface area (Å²) in [5.74, 6) is 0. The normalized spacial score (nSPS) is 10.6. The van der Waals surface area contributed by atoms with Gasteiger partial charge in [0.2, 0.25) is 0 Å². The first kappa shape index (κ1) is 11.6. The molecule has 0 bridgehead atoms. The lowest BCUT2D eigenvalue weighted by Gasteiger charge is -2.12. The van der Waals surface area contributed by atoms with Gasteiger partial charge in [-0.25, -0.2) is 9.97 Å². The molecule has 0 aliphatic rings. The molecule has 2 rings (SSSR count). The molecule has 0 aliphatic heterocycles. The van der Waals surface area contributed by atoms with E-state index in [1.165, 1.54) is 11.1 Å². The Balaban J connectivity index is 2.68. The van der Waals surface area contributed by atoms with Crippen LogP contribution in [0.5, 0.6) is 6.01 Å². The van der Waals surface area contributed by atoms with Gasteiger partial charge in [0.25, 0.3) is 0 Å². The lowest BCUT2D eigenvalue weighted by Crippen LogP contribution is -1.97. The lowest BCUT2D eigenvalue weighted by atomic mass is 9.97. The molecule has 0 saturated heterocycles. The van der Waals surface area contributed by atoms with Crippen molar-refractivity contribution < 1.29 is 5.11 Å². The molecule has 1 aromatic heterocycles. The van der Waals surface area contributed by atoms with E-state index in [9.17, 15) is 5.11 Å². The third kappa shape index (κ3) is 2.13. The first-order valence-electron chi connectivity index (χ1n) is 5.61. The number of aryl methyl sites for hydroxylation is 4. The van der Waals surface area contributed by atoms with Gasteiger partial charge in [-0.05, 0) is 38.8 Å². The number of aromatic hydroxyl groups is 1. The zero-order valence-corrected chi connectivity index (χ0v) is 10.6. The molecule has 1 N–H and O–H groups in total. The molecule has 0 spiro atoms. The summed E-state index contributed by atoms with van der Waals surface area (Å²) in [5, 5.41) is 9.36. The molecule has 0 unspecified atom stereocenters. The maximum Gasteiger partial charge on any atom is 0.314 e. The topological polar surface area (TPSA) is 46.0 Å². The minimum Gasteiger partial charge on any atom is -0.479 e. The van der Waals surface area contributed by atoms with Crippen LogP contribution in [0.15, 0.2) is 18.2 Å². The van der Waals surface area contributed by atoms with E-state index >= 15 is 0 Å². The summed E-state index contributed by atoms with van der Waals surface area (Å²) in [6, 6.07) is 6.14. The quantitative estimate of drug-likeness (QED) is 0.815. The molecule has 0 radical (unpaired) electrons. The fourth-order valence-corrected chi connectivity index (χ4v) is 2.18. The number of benzene rings is 1. The summed E-state index contributed by atoms with van der Waals surface area (Å²) in [5.41, 5.74) is 6.20. The Morgan fingerprint density at radius 3 is 2.06 bits per heavy atom. The molecule has 0 aliphatic carbocycles. The van der Waals surface area contributed by atoms with E-state index in [2.05, 4.69) is 42.0 Å². The second kappa shape index (κ2) is 4.17. The van der Waals surface area contributed by atoms with Gasteiger partial charge in [0, 0.05) is 5.56 Å². The van der Waals surface area contributed by atoms with Gasteiger partial charge in [0.1, 0.15) is 0 Å². The van der Waals surface area contributed by atoms with Gasteiger partial charge in [-0.2, -0.15) is 0 Å². The van der Waals surface area contributed by atoms with Gasteiger partial charge < -0.3 is 5.11 Å². The minimum atomic E-state index is -0.159. The number of hydrogen-bond donors (Lipinski definition) is 1. The molecule has 3 nitrogen and oxygen atoms in total. The summed E-state index contributed by atoms with van der Waals surface area (Å²) in [6.07, 6.45) is 0. The monoisotopic (exact) mass is 228 g/mol. The third-order valence-corrected chi connectivity index (χ3v) is 2.91. The predicted octanol–water partition coefficient (Wildman–Crippen LogP) is 3.08. The average Bonchev–Trinajstić information content (AvgIpc) is 2.19. The first-order valence-corrected chi connectivity index (χ1v) is 5.61. The second-order valence-corrected chi connectivity index (χ2v) is 4.39. The number of nitrogens with zero attached hydrogens (tertiary/aromatic N) is 2. The summed E-state index contributed by atoms with van der Waals surface area (Å²) >= 11 is 0. The van der Waals surface area contributed by atoms with Crippen LogP contribution in [-0.2, 0) is 0 Å². The van der Waals surface area contributed by atoms with Crippen LogP contribution < -0.4 is 0 Å². The van der Waals surface area contributed by atoms with Crippen molar-refractivity contribution in [3.63, 3.8) is 0 Å². The maximum absolute atomic E-state index is 9.36. The van der Waals surface area contributed by atoms with Crippen molar-refractivity contribution in [2.45, 2.75) is 27.7 Å². The van der Waals surface area contributed by atoms with Gasteiger partial charge in [0.15, 0.2) is 0 Å². The molecule has 1 heterocycles. The molecule has 3 heteroatoms. The molecular formula is C14H16N2O. The van der Waals surface area contributed by atoms with Crippen molar-refractivity contribution in [3.8, 4) is 17.1 Å². The molecule has 17 heavy (non-hydrogen) atoms. The number of aromatic nitrogens is 2. The van der Waals surface area contributed by atoms with Gasteiger partial charge in [-0.3, -0.25) is 0 Å². The van der Waals surface area contributed by atoms with Crippen molar-refractivity contribution >= 4 is 0 Å². The molecule has 1 aromatic carbocycles. The Bertz CT molecular complexity index is 553. The smallest absolute Gasteiger partial charge is 0.314 e. The van der Waals surface area contributed by atoms with Crippen LogP contribution in [0.1, 0.15) is 22.5 Å². The molecular weight excluding hydrogens is 212 g/mol. The van der Waals surface area contributed by atoms with Gasteiger partial charge >= 0.3 is 6.01 Å². The zero-order valence-electron chi connectivity index (χ0n) is 10.6. The van der Waals surface area contributed by atoms with E-state index < -0.39 is 0 Å². The van der Waals surface area contributed by atoms with Gasteiger partial charge in [-0.1, -0.05) is 23.8 Å². The fraction of sp³-hybridized carbons (Fsp3) is 0.286. The number of rotatable bonds is 1. The Labute approximate surface area is 101 Å². The van der Waals surface area contributed by atoms with Gasteiger partial charge in [-0.15, -0.1) is 0 Å². The Hall–Kier alpha value is -1.90. The van der Waals surface area contributed by atoms with Crippen molar-refractivity contribution in [2.75, 3.05) is 0 Å². The van der Waals surface area contributed by atoms with E-state index in [0.717, 1.165) is 22.5 Å². The number of hydrogen-bond acceptors (Lipinski definition) is 3. The summed E-state index contributed by atoms with van der Waals surface area (Å²) in [4.78, 5) is 8.04. The largest absolute Gasteiger partial charge is 0.479 e. The molecule has 0 amide bonds. The molecule has 0 saturated carbocycles. The van der Waals surface area contributed by atoms with Crippen LogP contribution in [0.4, 0.5) is 0 Å². The molecule has 0 atom stereocenters. The minimum absolute atomic E-state index is 0.159. The van der Waals surface area contributed by atoms with Crippen LogP contribution in [0.25, 0.3) is 11.1 Å². The van der Waals surface area contributed by atoms with Crippen LogP contribution in [0, 0.1) is 27.7 Å². The molecule has 88 valence electrons.